The van der Waals surface area contributed by atoms with Gasteiger partial charge in [0.05, 0.1) is 5.41 Å². The molecule has 1 fully saturated rings. The molecule has 0 bridgehead atoms. The Morgan fingerprint density at radius 3 is 2.00 bits per heavy atom. The van der Waals surface area contributed by atoms with E-state index in [1.807, 2.05) is 48.5 Å². The number of amides is 1. The Balaban J connectivity index is 1.60. The van der Waals surface area contributed by atoms with Gasteiger partial charge in [0.2, 0.25) is 0 Å². The molecule has 1 heterocycles. The van der Waals surface area contributed by atoms with E-state index in [0.717, 1.165) is 22.3 Å². The number of nitrogens with zero attached hydrogens (tertiary/aromatic N) is 3. The molecular formula is C20H18N4O4. The van der Waals surface area contributed by atoms with Crippen LogP contribution in [0.1, 0.15) is 18.4 Å². The van der Waals surface area contributed by atoms with Crippen molar-refractivity contribution in [2.75, 3.05) is 5.32 Å². The molecule has 0 unspecified atom stereocenters. The fourth-order valence-corrected chi connectivity index (χ4v) is 3.42. The first-order valence-electron chi connectivity index (χ1n) is 8.75. The fraction of sp³-hybridized carbons (Fsp3) is 0.200. The fourth-order valence-electron chi connectivity index (χ4n) is 3.42. The van der Waals surface area contributed by atoms with Crippen LogP contribution in [-0.4, -0.2) is 37.3 Å². The molecule has 1 aromatic heterocycles. The summed E-state index contributed by atoms with van der Waals surface area (Å²) in [5.74, 6) is -0.587. The number of aromatic nitrogens is 3. The minimum atomic E-state index is -1.20. The third-order valence-electron chi connectivity index (χ3n) is 5.14. The summed E-state index contributed by atoms with van der Waals surface area (Å²) in [7, 11) is 1.69. The summed E-state index contributed by atoms with van der Waals surface area (Å²) in [6, 6.07) is 15.2. The molecule has 0 atom stereocenters. The maximum Gasteiger partial charge on any atom is 0.410 e. The maximum absolute atomic E-state index is 11.5. The average Bonchev–Trinajstić information content (AvgIpc) is 3.42. The highest BCUT2D eigenvalue weighted by molar-refractivity contribution is 5.87. The van der Waals surface area contributed by atoms with Crippen molar-refractivity contribution in [2.45, 2.75) is 18.3 Å². The van der Waals surface area contributed by atoms with Crippen LogP contribution in [0, 0.1) is 0 Å². The molecule has 0 spiro atoms. The maximum atomic E-state index is 11.5. The first-order chi connectivity index (χ1) is 13.4. The van der Waals surface area contributed by atoms with Crippen LogP contribution < -0.4 is 5.32 Å². The Kier molecular flexibility index (Phi) is 4.11. The van der Waals surface area contributed by atoms with Crippen molar-refractivity contribution >= 4 is 17.9 Å². The Morgan fingerprint density at radius 2 is 1.50 bits per heavy atom. The first kappa shape index (κ1) is 17.7. The number of aryl methyl sites for hydroxylation is 1. The van der Waals surface area contributed by atoms with Gasteiger partial charge in [-0.15, -0.1) is 5.10 Å². The lowest BCUT2D eigenvalue weighted by Gasteiger charge is -2.11. The quantitative estimate of drug-likeness (QED) is 0.627. The van der Waals surface area contributed by atoms with Gasteiger partial charge in [-0.2, -0.15) is 0 Å². The van der Waals surface area contributed by atoms with Gasteiger partial charge in [0, 0.05) is 12.6 Å². The van der Waals surface area contributed by atoms with Crippen molar-refractivity contribution in [1.29, 1.82) is 0 Å². The van der Waals surface area contributed by atoms with Crippen molar-refractivity contribution in [3.8, 4) is 22.4 Å². The number of carboxylic acids is 1. The van der Waals surface area contributed by atoms with Gasteiger partial charge in [-0.05, 0) is 29.5 Å². The molecule has 8 heteroatoms. The van der Waals surface area contributed by atoms with E-state index in [0.29, 0.717) is 18.5 Å². The standard InChI is InChI=1S/C20H18N4O4/c1-24-16(17(22-23-24)21-19(27)28)14-4-2-12(3-5-14)13-6-8-15(9-7-13)20(10-11-20)18(25)26/h2-9,21H,10-11H2,1H3,(H,25,26)(H,27,28). The number of benzene rings is 2. The number of hydrogen-bond acceptors (Lipinski definition) is 4. The normalized spacial score (nSPS) is 14.5. The zero-order chi connectivity index (χ0) is 19.9. The van der Waals surface area contributed by atoms with Crippen LogP contribution >= 0.6 is 0 Å². The molecule has 3 N–H and O–H groups in total. The molecule has 0 radical (unpaired) electrons. The lowest BCUT2D eigenvalue weighted by molar-refractivity contribution is -0.140. The molecule has 4 rings (SSSR count). The van der Waals surface area contributed by atoms with E-state index in [1.165, 1.54) is 4.68 Å². The van der Waals surface area contributed by atoms with Gasteiger partial charge in [-0.1, -0.05) is 53.7 Å². The van der Waals surface area contributed by atoms with Gasteiger partial charge < -0.3 is 10.2 Å². The van der Waals surface area contributed by atoms with E-state index in [4.69, 9.17) is 5.11 Å². The summed E-state index contributed by atoms with van der Waals surface area (Å²) in [4.78, 5) is 22.4. The number of carboxylic acid groups (broad SMARTS) is 2. The highest BCUT2D eigenvalue weighted by Crippen LogP contribution is 2.48. The van der Waals surface area contributed by atoms with Gasteiger partial charge in [0.25, 0.3) is 0 Å². The molecule has 1 saturated carbocycles. The minimum Gasteiger partial charge on any atom is -0.481 e. The number of nitrogens with one attached hydrogen (secondary N) is 1. The van der Waals surface area contributed by atoms with E-state index in [9.17, 15) is 14.7 Å². The predicted molar refractivity (Wildman–Crippen MR) is 102 cm³/mol. The molecule has 0 aliphatic heterocycles. The number of carbonyl (C=O) groups is 2. The highest BCUT2D eigenvalue weighted by atomic mass is 16.4. The van der Waals surface area contributed by atoms with Crippen LogP contribution in [-0.2, 0) is 17.3 Å². The summed E-state index contributed by atoms with van der Waals surface area (Å²) in [5.41, 5.74) is 3.43. The molecule has 142 valence electrons. The number of rotatable bonds is 5. The van der Waals surface area contributed by atoms with Gasteiger partial charge in [0.15, 0.2) is 5.82 Å². The summed E-state index contributed by atoms with van der Waals surface area (Å²) >= 11 is 0. The third-order valence-corrected chi connectivity index (χ3v) is 5.14. The Morgan fingerprint density at radius 1 is 0.964 bits per heavy atom. The molecule has 1 aliphatic rings. The largest absolute Gasteiger partial charge is 0.481 e. The topological polar surface area (TPSA) is 117 Å². The lowest BCUT2D eigenvalue weighted by Crippen LogP contribution is -2.19. The zero-order valence-corrected chi connectivity index (χ0v) is 15.1. The van der Waals surface area contributed by atoms with Crippen molar-refractivity contribution in [2.24, 2.45) is 7.05 Å². The summed E-state index contributed by atoms with van der Waals surface area (Å²) in [5, 5.41) is 28.3. The predicted octanol–water partition coefficient (Wildman–Crippen LogP) is 3.36. The summed E-state index contributed by atoms with van der Waals surface area (Å²) in [6.45, 7) is 0. The second-order valence-electron chi connectivity index (χ2n) is 6.88. The SMILES string of the molecule is Cn1nnc(NC(=O)O)c1-c1ccc(-c2ccc(C3(C(=O)O)CC3)cc2)cc1. The Labute approximate surface area is 160 Å². The summed E-state index contributed by atoms with van der Waals surface area (Å²) in [6.07, 6.45) is 0.164. The molecule has 8 nitrogen and oxygen atoms in total. The van der Waals surface area contributed by atoms with E-state index in [2.05, 4.69) is 15.6 Å². The molecule has 2 aromatic carbocycles. The first-order valence-corrected chi connectivity index (χ1v) is 8.75. The van der Waals surface area contributed by atoms with Gasteiger partial charge >= 0.3 is 12.1 Å². The lowest BCUT2D eigenvalue weighted by atomic mass is 9.93. The van der Waals surface area contributed by atoms with Crippen LogP contribution in [0.15, 0.2) is 48.5 Å². The smallest absolute Gasteiger partial charge is 0.410 e. The van der Waals surface area contributed by atoms with E-state index in [-0.39, 0.29) is 5.82 Å². The average molecular weight is 378 g/mol. The van der Waals surface area contributed by atoms with Gasteiger partial charge in [-0.25, -0.2) is 9.48 Å². The van der Waals surface area contributed by atoms with Crippen LogP contribution in [0.5, 0.6) is 0 Å². The van der Waals surface area contributed by atoms with Crippen molar-refractivity contribution in [1.82, 2.24) is 15.0 Å². The molecule has 1 amide bonds. The van der Waals surface area contributed by atoms with E-state index < -0.39 is 17.5 Å². The van der Waals surface area contributed by atoms with Gasteiger partial charge in [0.1, 0.15) is 5.69 Å². The second kappa shape index (κ2) is 6.49. The molecule has 3 aromatic rings. The Hall–Kier alpha value is -3.68. The number of anilines is 1. The van der Waals surface area contributed by atoms with Crippen LogP contribution in [0.2, 0.25) is 0 Å². The van der Waals surface area contributed by atoms with Gasteiger partial charge in [-0.3, -0.25) is 10.1 Å². The minimum absolute atomic E-state index is 0.176. The molecular weight excluding hydrogens is 360 g/mol. The van der Waals surface area contributed by atoms with Crippen molar-refractivity contribution in [3.63, 3.8) is 0 Å². The van der Waals surface area contributed by atoms with Crippen LogP contribution in [0.3, 0.4) is 0 Å². The zero-order valence-electron chi connectivity index (χ0n) is 15.1. The molecule has 0 saturated heterocycles. The highest BCUT2D eigenvalue weighted by Gasteiger charge is 2.51. The second-order valence-corrected chi connectivity index (χ2v) is 6.88. The van der Waals surface area contributed by atoms with Crippen LogP contribution in [0.25, 0.3) is 22.4 Å². The van der Waals surface area contributed by atoms with E-state index in [1.54, 1.807) is 7.05 Å². The number of aliphatic carboxylic acids is 1. The molecule has 1 aliphatic carbocycles. The van der Waals surface area contributed by atoms with Crippen molar-refractivity contribution < 1.29 is 19.8 Å². The molecule has 28 heavy (non-hydrogen) atoms. The van der Waals surface area contributed by atoms with Crippen LogP contribution in [0.4, 0.5) is 10.6 Å². The number of hydrogen-bond donors (Lipinski definition) is 3. The Bertz CT molecular complexity index is 1050. The third kappa shape index (κ3) is 2.98. The monoisotopic (exact) mass is 378 g/mol. The summed E-state index contributed by atoms with van der Waals surface area (Å²) < 4.78 is 1.51. The van der Waals surface area contributed by atoms with E-state index >= 15 is 0 Å². The van der Waals surface area contributed by atoms with Crippen molar-refractivity contribution in [3.05, 3.63) is 54.1 Å².